The predicted molar refractivity (Wildman–Crippen MR) is 142 cm³/mol. The quantitative estimate of drug-likeness (QED) is 0.276. The first-order valence-electron chi connectivity index (χ1n) is 11.4. The third-order valence-electron chi connectivity index (χ3n) is 5.63. The number of hydrogen-bond acceptors (Lipinski definition) is 7. The molecule has 0 aliphatic heterocycles. The highest BCUT2D eigenvalue weighted by molar-refractivity contribution is 7.22. The largest absolute Gasteiger partial charge is 0.495 e. The fourth-order valence-corrected chi connectivity index (χ4v) is 4.98. The lowest BCUT2D eigenvalue weighted by atomic mass is 10.2. The molecule has 0 aliphatic carbocycles. The van der Waals surface area contributed by atoms with Crippen LogP contribution in [-0.4, -0.2) is 33.5 Å². The Labute approximate surface area is 220 Å². The van der Waals surface area contributed by atoms with Crippen molar-refractivity contribution in [1.82, 2.24) is 14.5 Å². The Bertz CT molecular complexity index is 1660. The predicted octanol–water partition coefficient (Wildman–Crippen LogP) is 5.18. The van der Waals surface area contributed by atoms with E-state index in [9.17, 15) is 9.59 Å². The molecule has 0 spiro atoms. The van der Waals surface area contributed by atoms with Crippen molar-refractivity contribution in [3.05, 3.63) is 79.1 Å². The van der Waals surface area contributed by atoms with Crippen LogP contribution in [0.2, 0.25) is 0 Å². The second kappa shape index (κ2) is 10.3. The molecule has 38 heavy (non-hydrogen) atoms. The number of thiophene rings is 1. The maximum Gasteiger partial charge on any atom is 0.241 e. The molecule has 5 aromatic rings. The van der Waals surface area contributed by atoms with Gasteiger partial charge in [-0.25, -0.2) is 9.37 Å². The second-order valence-corrected chi connectivity index (χ2v) is 9.37. The van der Waals surface area contributed by atoms with Crippen LogP contribution in [-0.2, 0) is 16.6 Å². The van der Waals surface area contributed by atoms with E-state index in [0.29, 0.717) is 22.7 Å². The van der Waals surface area contributed by atoms with Gasteiger partial charge >= 0.3 is 0 Å². The zero-order chi connectivity index (χ0) is 26.8. The standard InChI is InChI=1S/C27H22FN5O4S/c1-32-14-19(31-15-32)24-12-18-27(38-24)23(9-10-30-18)37-21-8-7-16(11-17(21)28)33(26(35)13-25(29)34)20-5-3-4-6-22(20)36-2/h3-12,14-15H,13H2,1-2H3,(H2,29,34). The number of rotatable bonds is 8. The summed E-state index contributed by atoms with van der Waals surface area (Å²) in [6, 6.07) is 14.4. The topological polar surface area (TPSA) is 113 Å². The van der Waals surface area contributed by atoms with E-state index in [1.165, 1.54) is 35.5 Å². The van der Waals surface area contributed by atoms with Crippen LogP contribution < -0.4 is 20.1 Å². The molecule has 0 atom stereocenters. The average Bonchev–Trinajstić information content (AvgIpc) is 3.52. The zero-order valence-corrected chi connectivity index (χ0v) is 21.2. The number of primary amides is 1. The number of aromatic nitrogens is 3. The molecule has 0 radical (unpaired) electrons. The van der Waals surface area contributed by atoms with Crippen molar-refractivity contribution in [3.63, 3.8) is 0 Å². The van der Waals surface area contributed by atoms with Crippen molar-refractivity contribution in [2.24, 2.45) is 12.8 Å². The normalized spacial score (nSPS) is 10.9. The van der Waals surface area contributed by atoms with Gasteiger partial charge in [0.05, 0.1) is 45.6 Å². The SMILES string of the molecule is COc1ccccc1N(C(=O)CC(N)=O)c1ccc(Oc2ccnc3cc(-c4cn(C)cn4)sc23)c(F)c1. The summed E-state index contributed by atoms with van der Waals surface area (Å²) in [4.78, 5) is 35.4. The highest BCUT2D eigenvalue weighted by Gasteiger charge is 2.24. The van der Waals surface area contributed by atoms with Gasteiger partial charge in [0.25, 0.3) is 0 Å². The summed E-state index contributed by atoms with van der Waals surface area (Å²) in [5.41, 5.74) is 7.28. The number of pyridine rings is 1. The lowest BCUT2D eigenvalue weighted by molar-refractivity contribution is -0.125. The first kappa shape index (κ1) is 24.9. The van der Waals surface area contributed by atoms with Crippen molar-refractivity contribution in [2.45, 2.75) is 6.42 Å². The summed E-state index contributed by atoms with van der Waals surface area (Å²) in [5, 5.41) is 0. The molecular weight excluding hydrogens is 509 g/mol. The minimum Gasteiger partial charge on any atom is -0.495 e. The molecule has 0 bridgehead atoms. The Morgan fingerprint density at radius 1 is 1.08 bits per heavy atom. The van der Waals surface area contributed by atoms with Crippen LogP contribution in [0.5, 0.6) is 17.2 Å². The molecule has 0 unspecified atom stereocenters. The summed E-state index contributed by atoms with van der Waals surface area (Å²) < 4.78 is 29.3. The molecule has 11 heteroatoms. The molecular formula is C27H22FN5O4S. The molecule has 5 rings (SSSR count). The lowest BCUT2D eigenvalue weighted by Crippen LogP contribution is -2.30. The van der Waals surface area contributed by atoms with E-state index in [0.717, 1.165) is 21.3 Å². The van der Waals surface area contributed by atoms with Gasteiger partial charge in [-0.05, 0) is 30.3 Å². The van der Waals surface area contributed by atoms with Crippen LogP contribution >= 0.6 is 11.3 Å². The number of amides is 2. The van der Waals surface area contributed by atoms with Crippen LogP contribution in [0.25, 0.3) is 20.8 Å². The number of para-hydroxylation sites is 2. The first-order valence-corrected chi connectivity index (χ1v) is 12.2. The molecule has 2 aromatic carbocycles. The van der Waals surface area contributed by atoms with Crippen LogP contribution in [0.4, 0.5) is 15.8 Å². The van der Waals surface area contributed by atoms with E-state index in [2.05, 4.69) is 9.97 Å². The number of benzene rings is 2. The second-order valence-electron chi connectivity index (χ2n) is 8.32. The van der Waals surface area contributed by atoms with E-state index >= 15 is 4.39 Å². The minimum atomic E-state index is -0.807. The Hall–Kier alpha value is -4.77. The molecule has 3 heterocycles. The number of nitrogens with two attached hydrogens (primary N) is 1. The summed E-state index contributed by atoms with van der Waals surface area (Å²) in [7, 11) is 3.34. The van der Waals surface area contributed by atoms with Gasteiger partial charge in [-0.15, -0.1) is 11.3 Å². The number of hydrogen-bond donors (Lipinski definition) is 1. The molecule has 2 amide bonds. The van der Waals surface area contributed by atoms with Gasteiger partial charge in [-0.1, -0.05) is 12.1 Å². The number of methoxy groups -OCH3 is 1. The van der Waals surface area contributed by atoms with Crippen LogP contribution in [0.3, 0.4) is 0 Å². The Morgan fingerprint density at radius 3 is 2.61 bits per heavy atom. The van der Waals surface area contributed by atoms with Gasteiger partial charge < -0.3 is 19.8 Å². The van der Waals surface area contributed by atoms with Gasteiger partial charge in [-0.2, -0.15) is 0 Å². The monoisotopic (exact) mass is 531 g/mol. The van der Waals surface area contributed by atoms with Crippen molar-refractivity contribution < 1.29 is 23.5 Å². The number of ether oxygens (including phenoxy) is 2. The molecule has 9 nitrogen and oxygen atoms in total. The number of nitrogens with zero attached hydrogens (tertiary/aromatic N) is 4. The van der Waals surface area contributed by atoms with Crippen LogP contribution in [0.1, 0.15) is 6.42 Å². The van der Waals surface area contributed by atoms with Gasteiger partial charge in [-0.3, -0.25) is 19.5 Å². The number of imidazole rings is 1. The Kier molecular flexibility index (Phi) is 6.75. The molecule has 0 aliphatic rings. The van der Waals surface area contributed by atoms with E-state index < -0.39 is 24.1 Å². The van der Waals surface area contributed by atoms with E-state index in [1.54, 1.807) is 42.9 Å². The lowest BCUT2D eigenvalue weighted by Gasteiger charge is -2.24. The third-order valence-corrected chi connectivity index (χ3v) is 6.79. The number of carbonyl (C=O) groups is 2. The number of carbonyl (C=O) groups excluding carboxylic acids is 2. The number of fused-ring (bicyclic) bond motifs is 1. The smallest absolute Gasteiger partial charge is 0.241 e. The van der Waals surface area contributed by atoms with Crippen LogP contribution in [0.15, 0.2) is 73.3 Å². The number of halogens is 1. The van der Waals surface area contributed by atoms with E-state index in [4.69, 9.17) is 15.2 Å². The average molecular weight is 532 g/mol. The van der Waals surface area contributed by atoms with E-state index in [1.807, 2.05) is 23.9 Å². The molecule has 3 aromatic heterocycles. The zero-order valence-electron chi connectivity index (χ0n) is 20.4. The summed E-state index contributed by atoms with van der Waals surface area (Å²) in [6.07, 6.45) is 4.63. The minimum absolute atomic E-state index is 0.0450. The number of aryl methyl sites for hydroxylation is 1. The highest BCUT2D eigenvalue weighted by atomic mass is 32.1. The summed E-state index contributed by atoms with van der Waals surface area (Å²) in [6.45, 7) is 0. The fourth-order valence-electron chi connectivity index (χ4n) is 3.95. The Balaban J connectivity index is 1.50. The van der Waals surface area contributed by atoms with Gasteiger partial charge in [0, 0.05) is 31.6 Å². The maximum atomic E-state index is 15.4. The summed E-state index contributed by atoms with van der Waals surface area (Å²) in [5.74, 6) is -1.39. The molecule has 192 valence electrons. The van der Waals surface area contributed by atoms with Gasteiger partial charge in [0.2, 0.25) is 11.8 Å². The fraction of sp³-hybridized carbons (Fsp3) is 0.111. The highest BCUT2D eigenvalue weighted by Crippen LogP contribution is 2.40. The number of anilines is 2. The molecule has 0 fully saturated rings. The van der Waals surface area contributed by atoms with Crippen molar-refractivity contribution in [2.75, 3.05) is 12.0 Å². The van der Waals surface area contributed by atoms with Crippen molar-refractivity contribution in [1.29, 1.82) is 0 Å². The van der Waals surface area contributed by atoms with Gasteiger partial charge in [0.15, 0.2) is 11.6 Å². The van der Waals surface area contributed by atoms with Crippen LogP contribution in [0, 0.1) is 5.82 Å². The van der Waals surface area contributed by atoms with Crippen molar-refractivity contribution >= 4 is 44.7 Å². The van der Waals surface area contributed by atoms with Gasteiger partial charge in [0.1, 0.15) is 17.9 Å². The molecule has 0 saturated heterocycles. The third kappa shape index (κ3) is 4.91. The van der Waals surface area contributed by atoms with Crippen molar-refractivity contribution in [3.8, 4) is 27.8 Å². The molecule has 0 saturated carbocycles. The Morgan fingerprint density at radius 2 is 1.89 bits per heavy atom. The summed E-state index contributed by atoms with van der Waals surface area (Å²) >= 11 is 1.44. The molecule has 2 N–H and O–H groups in total. The first-order chi connectivity index (χ1) is 18.3. The van der Waals surface area contributed by atoms with E-state index in [-0.39, 0.29) is 11.4 Å². The maximum absolute atomic E-state index is 15.4.